The molecule has 0 bridgehead atoms. The Kier molecular flexibility index (Phi) is 14.6. The van der Waals surface area contributed by atoms with E-state index in [1.54, 1.807) is 0 Å². The summed E-state index contributed by atoms with van der Waals surface area (Å²) in [7, 11) is 0. The molecule has 0 aliphatic carbocycles. The van der Waals surface area contributed by atoms with Crippen LogP contribution in [-0.2, 0) is 0 Å². The predicted molar refractivity (Wildman–Crippen MR) is 105 cm³/mol. The lowest BCUT2D eigenvalue weighted by atomic mass is 9.89. The normalized spacial score (nSPS) is 15.0. The molecule has 0 heterocycles. The van der Waals surface area contributed by atoms with Gasteiger partial charge in [-0.15, -0.1) is 6.58 Å². The first-order chi connectivity index (χ1) is 11.0. The fourth-order valence-electron chi connectivity index (χ4n) is 3.32. The van der Waals surface area contributed by atoms with Crippen LogP contribution in [0.25, 0.3) is 0 Å². The maximum absolute atomic E-state index is 8.89. The Labute approximate surface area is 146 Å². The van der Waals surface area contributed by atoms with Crippen molar-refractivity contribution in [1.29, 1.82) is 0 Å². The molecular weight excluding hydrogens is 280 g/mol. The second-order valence-corrected chi connectivity index (χ2v) is 7.65. The van der Waals surface area contributed by atoms with Crippen LogP contribution in [0.4, 0.5) is 0 Å². The molecule has 0 aliphatic rings. The van der Waals surface area contributed by atoms with Crippen molar-refractivity contribution in [3.05, 3.63) is 24.3 Å². The van der Waals surface area contributed by atoms with Crippen LogP contribution < -0.4 is 0 Å². The van der Waals surface area contributed by atoms with Crippen molar-refractivity contribution >= 4 is 0 Å². The Morgan fingerprint density at radius 2 is 1.61 bits per heavy atom. The molecule has 0 saturated heterocycles. The molecule has 2 atom stereocenters. The third-order valence-corrected chi connectivity index (χ3v) is 5.08. The topological polar surface area (TPSA) is 20.2 Å². The number of aliphatic hydroxyl groups excluding tert-OH is 1. The van der Waals surface area contributed by atoms with E-state index < -0.39 is 0 Å². The van der Waals surface area contributed by atoms with Crippen LogP contribution in [0, 0.1) is 17.8 Å². The van der Waals surface area contributed by atoms with Gasteiger partial charge in [-0.05, 0) is 50.4 Å². The summed E-state index contributed by atoms with van der Waals surface area (Å²) in [6, 6.07) is 0. The van der Waals surface area contributed by atoms with Gasteiger partial charge in [0.1, 0.15) is 0 Å². The SMILES string of the molecule is C=CC(CCCC(C)C)CCCC(CC)CCC/C(C)=C/CO. The molecular formula is C22H42O. The van der Waals surface area contributed by atoms with Gasteiger partial charge in [0.2, 0.25) is 0 Å². The molecule has 1 heteroatoms. The van der Waals surface area contributed by atoms with Gasteiger partial charge in [-0.2, -0.15) is 0 Å². The average molecular weight is 323 g/mol. The quantitative estimate of drug-likeness (QED) is 0.324. The highest BCUT2D eigenvalue weighted by Crippen LogP contribution is 2.24. The monoisotopic (exact) mass is 322 g/mol. The number of hydrogen-bond acceptors (Lipinski definition) is 1. The van der Waals surface area contributed by atoms with Crippen LogP contribution in [0.2, 0.25) is 0 Å². The van der Waals surface area contributed by atoms with Crippen molar-refractivity contribution in [3.63, 3.8) is 0 Å². The van der Waals surface area contributed by atoms with Crippen LogP contribution in [0.3, 0.4) is 0 Å². The van der Waals surface area contributed by atoms with Crippen LogP contribution in [-0.4, -0.2) is 11.7 Å². The minimum atomic E-state index is 0.183. The summed E-state index contributed by atoms with van der Waals surface area (Å²) < 4.78 is 0. The van der Waals surface area contributed by atoms with Crippen molar-refractivity contribution < 1.29 is 5.11 Å². The molecule has 0 aromatic heterocycles. The van der Waals surface area contributed by atoms with Gasteiger partial charge in [-0.3, -0.25) is 0 Å². The smallest absolute Gasteiger partial charge is 0.0614 e. The predicted octanol–water partition coefficient (Wildman–Crippen LogP) is 6.92. The summed E-state index contributed by atoms with van der Waals surface area (Å²) in [6.45, 7) is 13.3. The summed E-state index contributed by atoms with van der Waals surface area (Å²) in [6.07, 6.45) is 17.2. The maximum Gasteiger partial charge on any atom is 0.0614 e. The van der Waals surface area contributed by atoms with Crippen molar-refractivity contribution in [2.24, 2.45) is 17.8 Å². The first-order valence-electron chi connectivity index (χ1n) is 9.92. The van der Waals surface area contributed by atoms with E-state index in [2.05, 4.69) is 40.3 Å². The third-order valence-electron chi connectivity index (χ3n) is 5.08. The van der Waals surface area contributed by atoms with Gasteiger partial charge in [-0.1, -0.05) is 77.0 Å². The fourth-order valence-corrected chi connectivity index (χ4v) is 3.32. The summed E-state index contributed by atoms with van der Waals surface area (Å²) in [5, 5.41) is 8.89. The molecule has 0 radical (unpaired) electrons. The summed E-state index contributed by atoms with van der Waals surface area (Å²) in [4.78, 5) is 0. The molecule has 1 N–H and O–H groups in total. The Balaban J connectivity index is 3.87. The van der Waals surface area contributed by atoms with E-state index in [4.69, 9.17) is 5.11 Å². The molecule has 0 aliphatic heterocycles. The van der Waals surface area contributed by atoms with Crippen LogP contribution in [0.15, 0.2) is 24.3 Å². The number of hydrogen-bond donors (Lipinski definition) is 1. The zero-order valence-electron chi connectivity index (χ0n) is 16.3. The summed E-state index contributed by atoms with van der Waals surface area (Å²) in [5.41, 5.74) is 1.33. The Morgan fingerprint density at radius 1 is 1.00 bits per heavy atom. The molecule has 0 rings (SSSR count). The van der Waals surface area contributed by atoms with E-state index in [0.717, 1.165) is 24.2 Å². The van der Waals surface area contributed by atoms with Crippen LogP contribution in [0.5, 0.6) is 0 Å². The highest BCUT2D eigenvalue weighted by Gasteiger charge is 2.09. The lowest BCUT2D eigenvalue weighted by Gasteiger charge is -2.17. The minimum absolute atomic E-state index is 0.183. The second-order valence-electron chi connectivity index (χ2n) is 7.65. The van der Waals surface area contributed by atoms with E-state index >= 15 is 0 Å². The van der Waals surface area contributed by atoms with Gasteiger partial charge >= 0.3 is 0 Å². The van der Waals surface area contributed by atoms with Gasteiger partial charge in [0.25, 0.3) is 0 Å². The first kappa shape index (κ1) is 22.4. The maximum atomic E-state index is 8.89. The van der Waals surface area contributed by atoms with Gasteiger partial charge in [0.15, 0.2) is 0 Å². The van der Waals surface area contributed by atoms with Gasteiger partial charge in [0, 0.05) is 0 Å². The van der Waals surface area contributed by atoms with Crippen molar-refractivity contribution in [2.75, 3.05) is 6.61 Å². The number of rotatable bonds is 15. The molecule has 0 spiro atoms. The third kappa shape index (κ3) is 13.6. The Hall–Kier alpha value is -0.560. The number of allylic oxidation sites excluding steroid dienone is 2. The Morgan fingerprint density at radius 3 is 2.13 bits per heavy atom. The number of aliphatic hydroxyl groups is 1. The lowest BCUT2D eigenvalue weighted by Crippen LogP contribution is -2.03. The zero-order valence-corrected chi connectivity index (χ0v) is 16.3. The molecule has 136 valence electrons. The van der Waals surface area contributed by atoms with E-state index in [1.165, 1.54) is 63.4 Å². The first-order valence-corrected chi connectivity index (χ1v) is 9.92. The van der Waals surface area contributed by atoms with Gasteiger partial charge < -0.3 is 5.11 Å². The highest BCUT2D eigenvalue weighted by atomic mass is 16.2. The average Bonchev–Trinajstić information content (AvgIpc) is 2.51. The standard InChI is InChI=1S/C22H42O/c1-6-21(13-8-11-19(3)4)15-10-16-22(7-2)14-9-12-20(5)17-18-23/h6,17,19,21-23H,1,7-16,18H2,2-5H3/b20-17+. The molecule has 0 saturated carbocycles. The van der Waals surface area contributed by atoms with E-state index in [9.17, 15) is 0 Å². The van der Waals surface area contributed by atoms with Crippen LogP contribution >= 0.6 is 0 Å². The molecule has 0 aromatic carbocycles. The fraction of sp³-hybridized carbons (Fsp3) is 0.818. The molecule has 0 aromatic rings. The highest BCUT2D eigenvalue weighted by molar-refractivity contribution is 4.97. The summed E-state index contributed by atoms with van der Waals surface area (Å²) >= 11 is 0. The molecule has 1 nitrogen and oxygen atoms in total. The molecule has 0 fully saturated rings. The molecule has 0 amide bonds. The van der Waals surface area contributed by atoms with Crippen molar-refractivity contribution in [2.45, 2.75) is 91.9 Å². The van der Waals surface area contributed by atoms with E-state index in [1.807, 2.05) is 6.08 Å². The zero-order chi connectivity index (χ0) is 17.5. The Bertz CT molecular complexity index is 303. The van der Waals surface area contributed by atoms with Gasteiger partial charge in [-0.25, -0.2) is 0 Å². The lowest BCUT2D eigenvalue weighted by molar-refractivity contribution is 0.341. The second kappa shape index (κ2) is 15.0. The van der Waals surface area contributed by atoms with Crippen molar-refractivity contribution in [1.82, 2.24) is 0 Å². The summed E-state index contributed by atoms with van der Waals surface area (Å²) in [5.74, 6) is 2.42. The largest absolute Gasteiger partial charge is 0.392 e. The molecule has 2 unspecified atom stereocenters. The van der Waals surface area contributed by atoms with Crippen molar-refractivity contribution in [3.8, 4) is 0 Å². The van der Waals surface area contributed by atoms with Crippen LogP contribution in [0.1, 0.15) is 91.9 Å². The minimum Gasteiger partial charge on any atom is -0.392 e. The van der Waals surface area contributed by atoms with E-state index in [0.29, 0.717) is 0 Å². The molecule has 23 heavy (non-hydrogen) atoms. The van der Waals surface area contributed by atoms with Gasteiger partial charge in [0.05, 0.1) is 6.61 Å². The van der Waals surface area contributed by atoms with E-state index in [-0.39, 0.29) is 6.61 Å².